The summed E-state index contributed by atoms with van der Waals surface area (Å²) in [5.41, 5.74) is 1.82. The number of rotatable bonds is 12. The molecular weight excluding hydrogens is 618 g/mol. The van der Waals surface area contributed by atoms with Crippen LogP contribution in [0.1, 0.15) is 43.7 Å². The maximum Gasteiger partial charge on any atom is 0.303 e. The summed E-state index contributed by atoms with van der Waals surface area (Å²) in [6.07, 6.45) is 3.96. The minimum atomic E-state index is -0.805. The van der Waals surface area contributed by atoms with E-state index in [-0.39, 0.29) is 12.3 Å². The topological polar surface area (TPSA) is 76.1 Å². The van der Waals surface area contributed by atoms with Gasteiger partial charge in [-0.2, -0.15) is 0 Å². The van der Waals surface area contributed by atoms with Gasteiger partial charge < -0.3 is 14.6 Å². The van der Waals surface area contributed by atoms with Gasteiger partial charge in [-0.05, 0) is 77.2 Å². The molecule has 186 valence electrons. The summed E-state index contributed by atoms with van der Waals surface area (Å²) < 4.78 is 14.1. The van der Waals surface area contributed by atoms with Gasteiger partial charge in [-0.25, -0.2) is 0 Å². The molecule has 1 heterocycles. The third-order valence-corrected chi connectivity index (χ3v) is 7.57. The summed E-state index contributed by atoms with van der Waals surface area (Å²) in [4.78, 5) is 25.7. The molecule has 35 heavy (non-hydrogen) atoms. The van der Waals surface area contributed by atoms with Crippen LogP contribution in [0, 0.1) is 0 Å². The number of unbranched alkanes of at least 4 members (excludes halogenated alkanes) is 2. The summed E-state index contributed by atoms with van der Waals surface area (Å²) in [6, 6.07) is 11.6. The highest BCUT2D eigenvalue weighted by Gasteiger charge is 2.31. The molecule has 0 bridgehead atoms. The molecule has 0 unspecified atom stereocenters. The molecule has 1 amide bonds. The minimum Gasteiger partial charge on any atom is -0.490 e. The predicted molar refractivity (Wildman–Crippen MR) is 150 cm³/mol. The first-order valence-electron chi connectivity index (χ1n) is 11.1. The van der Waals surface area contributed by atoms with Crippen molar-refractivity contribution in [3.8, 4) is 11.5 Å². The summed E-state index contributed by atoms with van der Waals surface area (Å²) in [6.45, 7) is 3.24. The zero-order valence-electron chi connectivity index (χ0n) is 19.1. The van der Waals surface area contributed by atoms with E-state index in [4.69, 9.17) is 26.8 Å². The number of carbonyl (C=O) groups excluding carboxylic acids is 1. The zero-order valence-corrected chi connectivity index (χ0v) is 23.9. The fourth-order valence-corrected chi connectivity index (χ4v) is 5.52. The van der Waals surface area contributed by atoms with Crippen LogP contribution in [0.15, 0.2) is 50.2 Å². The van der Waals surface area contributed by atoms with Crippen LogP contribution in [0.3, 0.4) is 0 Å². The standard InChI is InChI=1S/C25H25Br2NO5S2/c1-2-32-20-13-17(12-19(27)23(20)33-15-16-7-9-18(26)10-8-16)14-21-24(31)28(25(34)35-21)11-5-3-4-6-22(29)30/h7-10,12-14H,2-6,11,15H2,1H3,(H,29,30)/b21-14+. The molecular formula is C25H25Br2NO5S2. The molecule has 1 aliphatic rings. The number of thiocarbonyl (C=S) groups is 1. The van der Waals surface area contributed by atoms with Crippen LogP contribution >= 0.6 is 55.8 Å². The lowest BCUT2D eigenvalue weighted by molar-refractivity contribution is -0.137. The Bertz CT molecular complexity index is 1120. The number of hydrogen-bond donors (Lipinski definition) is 1. The molecule has 2 aromatic carbocycles. The average molecular weight is 643 g/mol. The highest BCUT2D eigenvalue weighted by molar-refractivity contribution is 9.10. The van der Waals surface area contributed by atoms with Crippen LogP contribution in [0.4, 0.5) is 0 Å². The first-order chi connectivity index (χ1) is 16.8. The van der Waals surface area contributed by atoms with Gasteiger partial charge in [-0.1, -0.05) is 58.5 Å². The molecule has 1 fully saturated rings. The number of ether oxygens (including phenoxy) is 2. The molecule has 3 rings (SSSR count). The first kappa shape index (κ1) is 27.7. The molecule has 0 aromatic heterocycles. The fourth-order valence-electron chi connectivity index (χ4n) is 3.38. The van der Waals surface area contributed by atoms with Crippen molar-refractivity contribution in [2.45, 2.75) is 39.2 Å². The molecule has 0 atom stereocenters. The van der Waals surface area contributed by atoms with E-state index < -0.39 is 5.97 Å². The Hall–Kier alpha value is -1.88. The summed E-state index contributed by atoms with van der Waals surface area (Å²) in [5.74, 6) is 0.240. The van der Waals surface area contributed by atoms with Crippen molar-refractivity contribution < 1.29 is 24.2 Å². The van der Waals surface area contributed by atoms with Crippen LogP contribution in [0.25, 0.3) is 6.08 Å². The smallest absolute Gasteiger partial charge is 0.303 e. The quantitative estimate of drug-likeness (QED) is 0.151. The Labute approximate surface area is 231 Å². The maximum atomic E-state index is 12.9. The highest BCUT2D eigenvalue weighted by atomic mass is 79.9. The van der Waals surface area contributed by atoms with E-state index >= 15 is 0 Å². The minimum absolute atomic E-state index is 0.136. The lowest BCUT2D eigenvalue weighted by Gasteiger charge is -2.15. The second-order valence-electron chi connectivity index (χ2n) is 7.72. The van der Waals surface area contributed by atoms with Crippen molar-refractivity contribution in [1.29, 1.82) is 0 Å². The fraction of sp³-hybridized carbons (Fsp3) is 0.320. The monoisotopic (exact) mass is 641 g/mol. The van der Waals surface area contributed by atoms with Gasteiger partial charge in [0.2, 0.25) is 0 Å². The highest BCUT2D eigenvalue weighted by Crippen LogP contribution is 2.40. The van der Waals surface area contributed by atoms with E-state index in [2.05, 4.69) is 31.9 Å². The molecule has 1 aliphatic heterocycles. The molecule has 2 aromatic rings. The number of halogens is 2. The Balaban J connectivity index is 1.71. The van der Waals surface area contributed by atoms with Gasteiger partial charge in [0.15, 0.2) is 11.5 Å². The lowest BCUT2D eigenvalue weighted by atomic mass is 10.1. The van der Waals surface area contributed by atoms with E-state index in [1.54, 1.807) is 11.0 Å². The number of nitrogens with zero attached hydrogens (tertiary/aromatic N) is 1. The number of carbonyl (C=O) groups is 2. The van der Waals surface area contributed by atoms with Gasteiger partial charge in [0.1, 0.15) is 10.9 Å². The van der Waals surface area contributed by atoms with Crippen LogP contribution < -0.4 is 9.47 Å². The van der Waals surface area contributed by atoms with Crippen LogP contribution in [0.2, 0.25) is 0 Å². The molecule has 0 aliphatic carbocycles. The Morgan fingerprint density at radius 1 is 1.14 bits per heavy atom. The molecule has 1 N–H and O–H groups in total. The molecule has 0 spiro atoms. The number of amides is 1. The lowest BCUT2D eigenvalue weighted by Crippen LogP contribution is -2.29. The van der Waals surface area contributed by atoms with Gasteiger partial charge in [0, 0.05) is 17.4 Å². The average Bonchev–Trinajstić information content (AvgIpc) is 3.06. The Morgan fingerprint density at radius 2 is 1.89 bits per heavy atom. The SMILES string of the molecule is CCOc1cc(/C=C2/SC(=S)N(CCCCCC(=O)O)C2=O)cc(Br)c1OCc1ccc(Br)cc1. The Kier molecular flexibility index (Phi) is 10.6. The second kappa shape index (κ2) is 13.4. The number of hydrogen-bond acceptors (Lipinski definition) is 6. The van der Waals surface area contributed by atoms with Crippen molar-refractivity contribution in [3.05, 3.63) is 61.4 Å². The summed E-state index contributed by atoms with van der Waals surface area (Å²) in [5, 5.41) is 8.75. The van der Waals surface area contributed by atoms with Crippen molar-refractivity contribution in [1.82, 2.24) is 4.90 Å². The van der Waals surface area contributed by atoms with E-state index in [0.717, 1.165) is 26.5 Å². The third kappa shape index (κ3) is 8.06. The Morgan fingerprint density at radius 3 is 2.57 bits per heavy atom. The molecule has 1 saturated heterocycles. The normalized spacial score (nSPS) is 14.6. The third-order valence-electron chi connectivity index (χ3n) is 5.07. The molecule has 0 saturated carbocycles. The number of aliphatic carboxylic acids is 1. The number of benzene rings is 2. The van der Waals surface area contributed by atoms with E-state index in [0.29, 0.717) is 53.3 Å². The first-order valence-corrected chi connectivity index (χ1v) is 13.9. The van der Waals surface area contributed by atoms with Gasteiger partial charge in [0.05, 0.1) is 16.0 Å². The molecule has 0 radical (unpaired) electrons. The van der Waals surface area contributed by atoms with E-state index in [1.807, 2.05) is 43.3 Å². The molecule has 10 heteroatoms. The molecule has 6 nitrogen and oxygen atoms in total. The second-order valence-corrected chi connectivity index (χ2v) is 11.2. The predicted octanol–water partition coefficient (Wildman–Crippen LogP) is 7.04. The van der Waals surface area contributed by atoms with Gasteiger partial charge in [0.25, 0.3) is 5.91 Å². The summed E-state index contributed by atoms with van der Waals surface area (Å²) >= 11 is 13.7. The van der Waals surface area contributed by atoms with E-state index in [1.165, 1.54) is 11.8 Å². The van der Waals surface area contributed by atoms with E-state index in [9.17, 15) is 9.59 Å². The zero-order chi connectivity index (χ0) is 25.4. The van der Waals surface area contributed by atoms with Crippen LogP contribution in [-0.4, -0.2) is 39.4 Å². The van der Waals surface area contributed by atoms with Crippen LogP contribution in [0.5, 0.6) is 11.5 Å². The number of thioether (sulfide) groups is 1. The van der Waals surface area contributed by atoms with Crippen molar-refractivity contribution in [3.63, 3.8) is 0 Å². The van der Waals surface area contributed by atoms with Crippen molar-refractivity contribution >= 4 is 78.1 Å². The van der Waals surface area contributed by atoms with Crippen LogP contribution in [-0.2, 0) is 16.2 Å². The largest absolute Gasteiger partial charge is 0.490 e. The summed E-state index contributed by atoms with van der Waals surface area (Å²) in [7, 11) is 0. The maximum absolute atomic E-state index is 12.9. The number of carboxylic acids is 1. The van der Waals surface area contributed by atoms with Gasteiger partial charge in [-0.15, -0.1) is 0 Å². The van der Waals surface area contributed by atoms with Gasteiger partial charge in [-0.3, -0.25) is 14.5 Å². The van der Waals surface area contributed by atoms with Crippen molar-refractivity contribution in [2.24, 2.45) is 0 Å². The van der Waals surface area contributed by atoms with Gasteiger partial charge >= 0.3 is 5.97 Å². The van der Waals surface area contributed by atoms with Crippen molar-refractivity contribution in [2.75, 3.05) is 13.2 Å². The number of carboxylic acid groups (broad SMARTS) is 1.